The molecule has 5 heteroatoms. The topological polar surface area (TPSA) is 27.7 Å². The van der Waals surface area contributed by atoms with E-state index in [0.29, 0.717) is 0 Å². The predicted molar refractivity (Wildman–Crippen MR) is 132 cm³/mol. The number of rotatable bonds is 4. The van der Waals surface area contributed by atoms with Gasteiger partial charge in [0.1, 0.15) is 23.4 Å². The highest BCUT2D eigenvalue weighted by Crippen LogP contribution is 2.47. The lowest BCUT2D eigenvalue weighted by Crippen LogP contribution is -2.25. The summed E-state index contributed by atoms with van der Waals surface area (Å²) in [4.78, 5) is 0. The lowest BCUT2D eigenvalue weighted by atomic mass is 9.86. The zero-order valence-corrected chi connectivity index (χ0v) is 20.0. The van der Waals surface area contributed by atoms with Gasteiger partial charge in [0, 0.05) is 27.2 Å². The van der Waals surface area contributed by atoms with Gasteiger partial charge in [-0.3, -0.25) is 0 Å². The Morgan fingerprint density at radius 3 is 2.47 bits per heavy atom. The Hall–Kier alpha value is -2.38. The van der Waals surface area contributed by atoms with Crippen molar-refractivity contribution >= 4 is 33.7 Å². The third kappa shape index (κ3) is 4.41. The Balaban J connectivity index is 1.56. The van der Waals surface area contributed by atoms with E-state index in [4.69, 9.17) is 14.2 Å². The molecule has 5 rings (SSSR count). The molecule has 3 aromatic carbocycles. The van der Waals surface area contributed by atoms with Gasteiger partial charge in [0.2, 0.25) is 0 Å². The van der Waals surface area contributed by atoms with E-state index in [1.807, 2.05) is 30.3 Å². The molecule has 0 spiro atoms. The van der Waals surface area contributed by atoms with Crippen molar-refractivity contribution < 1.29 is 18.6 Å². The molecular formula is C27H24FIO3. The van der Waals surface area contributed by atoms with Gasteiger partial charge < -0.3 is 14.2 Å². The summed E-state index contributed by atoms with van der Waals surface area (Å²) in [6.07, 6.45) is 2.59. The molecule has 2 aliphatic rings. The quantitative estimate of drug-likeness (QED) is 0.322. The maximum absolute atomic E-state index is 13.6. The summed E-state index contributed by atoms with van der Waals surface area (Å²) < 4.78 is 33.2. The average Bonchev–Trinajstić information content (AvgIpc) is 2.81. The second kappa shape index (κ2) is 9.24. The van der Waals surface area contributed by atoms with Crippen LogP contribution in [0.2, 0.25) is 0 Å². The van der Waals surface area contributed by atoms with Gasteiger partial charge in [-0.05, 0) is 95.5 Å². The van der Waals surface area contributed by atoms with Crippen LogP contribution in [0.25, 0.3) is 11.1 Å². The van der Waals surface area contributed by atoms with E-state index >= 15 is 0 Å². The highest BCUT2D eigenvalue weighted by atomic mass is 127. The first kappa shape index (κ1) is 21.5. The number of hydrogen-bond donors (Lipinski definition) is 0. The molecule has 1 fully saturated rings. The van der Waals surface area contributed by atoms with E-state index in [-0.39, 0.29) is 18.2 Å². The van der Waals surface area contributed by atoms with Gasteiger partial charge in [0.25, 0.3) is 0 Å². The first-order valence-corrected chi connectivity index (χ1v) is 12.0. The minimum absolute atomic E-state index is 0.205. The van der Waals surface area contributed by atoms with Gasteiger partial charge >= 0.3 is 0 Å². The normalized spacial score (nSPS) is 20.5. The van der Waals surface area contributed by atoms with Gasteiger partial charge in [0.15, 0.2) is 6.29 Å². The Morgan fingerprint density at radius 1 is 0.969 bits per heavy atom. The van der Waals surface area contributed by atoms with Crippen molar-refractivity contribution in [3.63, 3.8) is 0 Å². The van der Waals surface area contributed by atoms with Crippen molar-refractivity contribution in [3.8, 4) is 11.5 Å². The average molecular weight is 542 g/mol. The highest BCUT2D eigenvalue weighted by Gasteiger charge is 2.30. The van der Waals surface area contributed by atoms with Gasteiger partial charge in [-0.2, -0.15) is 0 Å². The van der Waals surface area contributed by atoms with E-state index in [1.165, 1.54) is 12.1 Å². The van der Waals surface area contributed by atoms with Crippen LogP contribution in [0.15, 0.2) is 66.7 Å². The third-order valence-electron chi connectivity index (χ3n) is 6.00. The SMILES string of the molecule is CC1=C(c2ccc(F)cc2)C(c2ccc(I)cc2)Oc2cc(OC3CCCCO3)ccc21. The number of fused-ring (bicyclic) bond motifs is 1. The Morgan fingerprint density at radius 2 is 1.75 bits per heavy atom. The number of halogens is 2. The smallest absolute Gasteiger partial charge is 0.199 e. The second-order valence-electron chi connectivity index (χ2n) is 8.17. The van der Waals surface area contributed by atoms with E-state index < -0.39 is 0 Å². The zero-order chi connectivity index (χ0) is 22.1. The molecule has 3 aromatic rings. The fourth-order valence-electron chi connectivity index (χ4n) is 4.34. The van der Waals surface area contributed by atoms with Gasteiger partial charge in [0.05, 0.1) is 6.61 Å². The minimum Gasteiger partial charge on any atom is -0.480 e. The number of benzene rings is 3. The summed E-state index contributed by atoms with van der Waals surface area (Å²) in [5, 5.41) is 0. The molecule has 2 atom stereocenters. The van der Waals surface area contributed by atoms with E-state index in [1.54, 1.807) is 0 Å². The van der Waals surface area contributed by atoms with Gasteiger partial charge in [-0.1, -0.05) is 24.3 Å². The number of hydrogen-bond acceptors (Lipinski definition) is 3. The van der Waals surface area contributed by atoms with Gasteiger partial charge in [-0.15, -0.1) is 0 Å². The molecule has 0 amide bonds. The van der Waals surface area contributed by atoms with E-state index in [9.17, 15) is 4.39 Å². The monoisotopic (exact) mass is 542 g/mol. The van der Waals surface area contributed by atoms with Crippen LogP contribution in [0.3, 0.4) is 0 Å². The van der Waals surface area contributed by atoms with E-state index in [0.717, 1.165) is 68.8 Å². The molecule has 2 aliphatic heterocycles. The molecular weight excluding hydrogens is 518 g/mol. The van der Waals surface area contributed by atoms with Gasteiger partial charge in [-0.25, -0.2) is 4.39 Å². The zero-order valence-electron chi connectivity index (χ0n) is 17.8. The van der Waals surface area contributed by atoms with Crippen molar-refractivity contribution in [2.24, 2.45) is 0 Å². The summed E-state index contributed by atoms with van der Waals surface area (Å²) in [6, 6.07) is 20.9. The van der Waals surface area contributed by atoms with Crippen LogP contribution in [-0.2, 0) is 4.74 Å². The summed E-state index contributed by atoms with van der Waals surface area (Å²) in [6.45, 7) is 2.84. The highest BCUT2D eigenvalue weighted by molar-refractivity contribution is 14.1. The second-order valence-corrected chi connectivity index (χ2v) is 9.41. The van der Waals surface area contributed by atoms with Crippen LogP contribution in [0.5, 0.6) is 11.5 Å². The molecule has 1 saturated heterocycles. The summed E-state index contributed by atoms with van der Waals surface area (Å²) >= 11 is 2.30. The summed E-state index contributed by atoms with van der Waals surface area (Å²) in [5.74, 6) is 1.28. The molecule has 0 N–H and O–H groups in total. The van der Waals surface area contributed by atoms with E-state index in [2.05, 4.69) is 53.8 Å². The molecule has 0 bridgehead atoms. The molecule has 0 radical (unpaired) electrons. The molecule has 164 valence electrons. The number of allylic oxidation sites excluding steroid dienone is 1. The number of ether oxygens (including phenoxy) is 3. The molecule has 2 heterocycles. The first-order chi connectivity index (χ1) is 15.6. The summed E-state index contributed by atoms with van der Waals surface area (Å²) in [5.41, 5.74) is 5.18. The Kier molecular flexibility index (Phi) is 6.20. The standard InChI is InChI=1S/C27H24FIO3/c1-17-23-14-13-22(31-25-4-2-3-15-30-25)16-24(23)32-27(19-7-11-21(29)12-8-19)26(17)18-5-9-20(28)10-6-18/h5-14,16,25,27H,2-4,15H2,1H3. The van der Waals surface area contributed by atoms with Crippen molar-refractivity contribution in [2.45, 2.75) is 38.6 Å². The van der Waals surface area contributed by atoms with Crippen LogP contribution in [0.1, 0.15) is 49.0 Å². The van der Waals surface area contributed by atoms with Crippen molar-refractivity contribution in [1.29, 1.82) is 0 Å². The van der Waals surface area contributed by atoms with Crippen LogP contribution in [0.4, 0.5) is 4.39 Å². The maximum atomic E-state index is 13.6. The minimum atomic E-state index is -0.300. The lowest BCUT2D eigenvalue weighted by Gasteiger charge is -2.32. The van der Waals surface area contributed by atoms with Crippen LogP contribution < -0.4 is 9.47 Å². The molecule has 32 heavy (non-hydrogen) atoms. The fraction of sp³-hybridized carbons (Fsp3) is 0.259. The van der Waals surface area contributed by atoms with Crippen molar-refractivity contribution in [1.82, 2.24) is 0 Å². The Labute approximate surface area is 201 Å². The maximum Gasteiger partial charge on any atom is 0.199 e. The third-order valence-corrected chi connectivity index (χ3v) is 6.72. The fourth-order valence-corrected chi connectivity index (χ4v) is 4.70. The predicted octanol–water partition coefficient (Wildman–Crippen LogP) is 7.40. The lowest BCUT2D eigenvalue weighted by molar-refractivity contribution is -0.105. The molecule has 0 saturated carbocycles. The van der Waals surface area contributed by atoms with Crippen molar-refractivity contribution in [2.75, 3.05) is 6.61 Å². The first-order valence-electron chi connectivity index (χ1n) is 10.9. The van der Waals surface area contributed by atoms with Crippen LogP contribution in [0, 0.1) is 9.39 Å². The summed E-state index contributed by atoms with van der Waals surface area (Å²) in [7, 11) is 0. The van der Waals surface area contributed by atoms with Crippen LogP contribution >= 0.6 is 22.6 Å². The largest absolute Gasteiger partial charge is 0.480 e. The molecule has 0 aliphatic carbocycles. The Bertz CT molecular complexity index is 1130. The molecule has 3 nitrogen and oxygen atoms in total. The molecule has 0 aromatic heterocycles. The van der Waals surface area contributed by atoms with Crippen LogP contribution in [-0.4, -0.2) is 12.9 Å². The molecule has 2 unspecified atom stereocenters. The van der Waals surface area contributed by atoms with Crippen molar-refractivity contribution in [3.05, 3.63) is 92.8 Å².